The molecule has 0 unspecified atom stereocenters. The first kappa shape index (κ1) is 19.5. The van der Waals surface area contributed by atoms with Crippen LogP contribution in [0.25, 0.3) is 6.08 Å². The topological polar surface area (TPSA) is 61.4 Å². The molecule has 0 aromatic heterocycles. The Kier molecular flexibility index (Phi) is 6.21. The molecule has 1 aliphatic rings. The van der Waals surface area contributed by atoms with Gasteiger partial charge in [0.25, 0.3) is 11.8 Å². The molecule has 140 valence electrons. The van der Waals surface area contributed by atoms with Crippen molar-refractivity contribution >= 4 is 46.9 Å². The number of carbonyl (C=O) groups is 2. The fraction of sp³-hybridized carbons (Fsp3) is 0.200. The van der Waals surface area contributed by atoms with Crippen LogP contribution >= 0.6 is 23.4 Å². The van der Waals surface area contributed by atoms with Gasteiger partial charge in [0.2, 0.25) is 0 Å². The molecule has 2 N–H and O–H groups in total. The number of fused-ring (bicyclic) bond motifs is 1. The standard InChI is InChI=1S/C20H20ClN3O2S/c1-24(2)9-8-22-19(25)14-6-7-17-16(12-14)23-20(26)18(27-17)11-13-4-3-5-15(21)10-13/h3-7,10-12H,8-9H2,1-2H3,(H,22,25)(H,23,26)/b18-11-. The highest BCUT2D eigenvalue weighted by atomic mass is 35.5. The molecule has 7 heteroatoms. The third-order valence-corrected chi connectivity index (χ3v) is 5.26. The first-order chi connectivity index (χ1) is 12.9. The Morgan fingerprint density at radius 1 is 1.26 bits per heavy atom. The van der Waals surface area contributed by atoms with Gasteiger partial charge in [-0.2, -0.15) is 0 Å². The molecule has 3 rings (SSSR count). The molecule has 0 bridgehead atoms. The van der Waals surface area contributed by atoms with Crippen molar-refractivity contribution in [1.82, 2.24) is 10.2 Å². The first-order valence-electron chi connectivity index (χ1n) is 8.46. The van der Waals surface area contributed by atoms with E-state index in [1.165, 1.54) is 11.8 Å². The van der Waals surface area contributed by atoms with E-state index in [1.54, 1.807) is 30.3 Å². The minimum absolute atomic E-state index is 0.154. The molecule has 0 saturated heterocycles. The minimum atomic E-state index is -0.197. The Balaban J connectivity index is 1.75. The molecule has 0 radical (unpaired) electrons. The number of thioether (sulfide) groups is 1. The Morgan fingerprint density at radius 2 is 2.07 bits per heavy atom. The molecule has 0 saturated carbocycles. The van der Waals surface area contributed by atoms with Crippen molar-refractivity contribution in [2.24, 2.45) is 0 Å². The van der Waals surface area contributed by atoms with Gasteiger partial charge in [0, 0.05) is 28.6 Å². The van der Waals surface area contributed by atoms with Gasteiger partial charge in [0.05, 0.1) is 10.6 Å². The highest BCUT2D eigenvalue weighted by Gasteiger charge is 2.22. The molecule has 5 nitrogen and oxygen atoms in total. The molecular formula is C20H20ClN3O2S. The fourth-order valence-corrected chi connectivity index (χ4v) is 3.67. The first-order valence-corrected chi connectivity index (χ1v) is 9.65. The third kappa shape index (κ3) is 5.13. The van der Waals surface area contributed by atoms with Crippen molar-refractivity contribution in [1.29, 1.82) is 0 Å². The summed E-state index contributed by atoms with van der Waals surface area (Å²) in [4.78, 5) is 28.2. The van der Waals surface area contributed by atoms with Crippen molar-refractivity contribution in [2.45, 2.75) is 4.90 Å². The van der Waals surface area contributed by atoms with Gasteiger partial charge in [-0.3, -0.25) is 9.59 Å². The van der Waals surface area contributed by atoms with Crippen molar-refractivity contribution in [3.8, 4) is 0 Å². The summed E-state index contributed by atoms with van der Waals surface area (Å²) in [7, 11) is 3.90. The van der Waals surface area contributed by atoms with Crippen LogP contribution in [0.3, 0.4) is 0 Å². The number of anilines is 1. The Labute approximate surface area is 167 Å². The van der Waals surface area contributed by atoms with Gasteiger partial charge in [-0.15, -0.1) is 0 Å². The van der Waals surface area contributed by atoms with Crippen molar-refractivity contribution < 1.29 is 9.59 Å². The van der Waals surface area contributed by atoms with Gasteiger partial charge in [-0.1, -0.05) is 35.5 Å². The summed E-state index contributed by atoms with van der Waals surface area (Å²) < 4.78 is 0. The average molecular weight is 402 g/mol. The summed E-state index contributed by atoms with van der Waals surface area (Å²) in [5.41, 5.74) is 2.03. The molecule has 0 fully saturated rings. The number of halogens is 1. The number of nitrogens with zero attached hydrogens (tertiary/aromatic N) is 1. The lowest BCUT2D eigenvalue weighted by Crippen LogP contribution is -2.31. The molecule has 27 heavy (non-hydrogen) atoms. The van der Waals surface area contributed by atoms with E-state index in [2.05, 4.69) is 10.6 Å². The summed E-state index contributed by atoms with van der Waals surface area (Å²) in [5.74, 6) is -0.350. The van der Waals surface area contributed by atoms with Crippen molar-refractivity contribution in [3.05, 3.63) is 63.5 Å². The number of carbonyl (C=O) groups excluding carboxylic acids is 2. The van der Waals surface area contributed by atoms with Crippen LogP contribution in [-0.4, -0.2) is 43.9 Å². The maximum atomic E-state index is 12.4. The van der Waals surface area contributed by atoms with Crippen LogP contribution in [0.4, 0.5) is 5.69 Å². The SMILES string of the molecule is CN(C)CCNC(=O)c1ccc2c(c1)NC(=O)/C(=C/c1cccc(Cl)c1)S2. The fourth-order valence-electron chi connectivity index (χ4n) is 2.54. The number of likely N-dealkylation sites (N-methyl/N-ethyl adjacent to an activating group) is 1. The lowest BCUT2D eigenvalue weighted by molar-refractivity contribution is -0.112. The normalized spacial score (nSPS) is 14.8. The number of hydrogen-bond donors (Lipinski definition) is 2. The maximum Gasteiger partial charge on any atom is 0.262 e. The largest absolute Gasteiger partial charge is 0.351 e. The van der Waals surface area contributed by atoms with Crippen LogP contribution in [0.5, 0.6) is 0 Å². The van der Waals surface area contributed by atoms with Crippen LogP contribution in [0.15, 0.2) is 52.3 Å². The van der Waals surface area contributed by atoms with E-state index in [-0.39, 0.29) is 11.8 Å². The molecule has 1 heterocycles. The van der Waals surface area contributed by atoms with Gasteiger partial charge < -0.3 is 15.5 Å². The molecule has 0 spiro atoms. The number of benzene rings is 2. The van der Waals surface area contributed by atoms with Crippen LogP contribution in [-0.2, 0) is 4.79 Å². The van der Waals surface area contributed by atoms with Crippen molar-refractivity contribution in [2.75, 3.05) is 32.5 Å². The summed E-state index contributed by atoms with van der Waals surface area (Å²) in [6.07, 6.45) is 1.80. The Bertz CT molecular complexity index is 912. The van der Waals surface area contributed by atoms with E-state index in [0.29, 0.717) is 27.7 Å². The number of hydrogen-bond acceptors (Lipinski definition) is 4. The second-order valence-electron chi connectivity index (χ2n) is 6.39. The Hall–Kier alpha value is -2.28. The van der Waals surface area contributed by atoms with Crippen LogP contribution in [0.1, 0.15) is 15.9 Å². The lowest BCUT2D eigenvalue weighted by atomic mass is 10.1. The highest BCUT2D eigenvalue weighted by Crippen LogP contribution is 2.39. The third-order valence-electron chi connectivity index (χ3n) is 3.92. The van der Waals surface area contributed by atoms with Gasteiger partial charge in [0.1, 0.15) is 0 Å². The van der Waals surface area contributed by atoms with E-state index in [0.717, 1.165) is 17.0 Å². The minimum Gasteiger partial charge on any atom is -0.351 e. The molecule has 2 amide bonds. The van der Waals surface area contributed by atoms with Gasteiger partial charge in [-0.25, -0.2) is 0 Å². The second-order valence-corrected chi connectivity index (χ2v) is 7.91. The smallest absolute Gasteiger partial charge is 0.262 e. The zero-order chi connectivity index (χ0) is 19.4. The average Bonchev–Trinajstić information content (AvgIpc) is 2.61. The summed E-state index contributed by atoms with van der Waals surface area (Å²) in [5, 5.41) is 6.36. The molecular weight excluding hydrogens is 382 g/mol. The van der Waals surface area contributed by atoms with Crippen molar-refractivity contribution in [3.63, 3.8) is 0 Å². The maximum absolute atomic E-state index is 12.4. The highest BCUT2D eigenvalue weighted by molar-refractivity contribution is 8.04. The molecule has 0 atom stereocenters. The van der Waals surface area contributed by atoms with Gasteiger partial charge in [-0.05, 0) is 56.1 Å². The monoisotopic (exact) mass is 401 g/mol. The van der Waals surface area contributed by atoms with E-state index >= 15 is 0 Å². The van der Waals surface area contributed by atoms with Gasteiger partial charge in [0.15, 0.2) is 0 Å². The predicted octanol–water partition coefficient (Wildman–Crippen LogP) is 3.72. The Morgan fingerprint density at radius 3 is 2.81 bits per heavy atom. The van der Waals surface area contributed by atoms with E-state index in [4.69, 9.17) is 11.6 Å². The van der Waals surface area contributed by atoms with Crippen LogP contribution in [0.2, 0.25) is 5.02 Å². The lowest BCUT2D eigenvalue weighted by Gasteiger charge is -2.19. The molecule has 2 aromatic carbocycles. The number of amides is 2. The summed E-state index contributed by atoms with van der Waals surface area (Å²) in [6, 6.07) is 12.7. The van der Waals surface area contributed by atoms with E-state index in [9.17, 15) is 9.59 Å². The molecule has 0 aliphatic carbocycles. The summed E-state index contributed by atoms with van der Waals surface area (Å²) >= 11 is 7.38. The van der Waals surface area contributed by atoms with Crippen LogP contribution in [0, 0.1) is 0 Å². The number of rotatable bonds is 5. The van der Waals surface area contributed by atoms with E-state index in [1.807, 2.05) is 37.2 Å². The van der Waals surface area contributed by atoms with E-state index < -0.39 is 0 Å². The van der Waals surface area contributed by atoms with Gasteiger partial charge >= 0.3 is 0 Å². The quantitative estimate of drug-likeness (QED) is 0.749. The summed E-state index contributed by atoms with van der Waals surface area (Å²) in [6.45, 7) is 1.33. The predicted molar refractivity (Wildman–Crippen MR) is 111 cm³/mol. The zero-order valence-electron chi connectivity index (χ0n) is 15.1. The molecule has 1 aliphatic heterocycles. The van der Waals surface area contributed by atoms with Crippen LogP contribution < -0.4 is 10.6 Å². The number of nitrogens with one attached hydrogen (secondary N) is 2. The second kappa shape index (κ2) is 8.61. The molecule has 2 aromatic rings. The zero-order valence-corrected chi connectivity index (χ0v) is 16.7.